The fraction of sp³-hybridized carbons (Fsp3) is 0.538. The van der Waals surface area contributed by atoms with E-state index in [0.29, 0.717) is 17.1 Å². The van der Waals surface area contributed by atoms with Crippen LogP contribution in [0.3, 0.4) is 0 Å². The van der Waals surface area contributed by atoms with Crippen LogP contribution in [0.2, 0.25) is 0 Å². The van der Waals surface area contributed by atoms with Crippen molar-refractivity contribution < 1.29 is 9.53 Å². The number of esters is 1. The number of nitrogens with two attached hydrogens (primary N) is 1. The van der Waals surface area contributed by atoms with Crippen molar-refractivity contribution in [1.82, 2.24) is 9.88 Å². The molecule has 1 saturated carbocycles. The summed E-state index contributed by atoms with van der Waals surface area (Å²) in [6, 6.07) is 2.29. The monoisotopic (exact) mass is 264 g/mol. The van der Waals surface area contributed by atoms with Crippen LogP contribution in [0, 0.1) is 0 Å². The van der Waals surface area contributed by atoms with Crippen molar-refractivity contribution >= 4 is 17.5 Å². The fourth-order valence-electron chi connectivity index (χ4n) is 1.95. The molecule has 1 aliphatic rings. The lowest BCUT2D eigenvalue weighted by Gasteiger charge is -2.17. The van der Waals surface area contributed by atoms with Gasteiger partial charge in [0.25, 0.3) is 0 Å². The third kappa shape index (κ3) is 3.35. The van der Waals surface area contributed by atoms with Crippen molar-refractivity contribution in [2.24, 2.45) is 0 Å². The van der Waals surface area contributed by atoms with E-state index in [1.54, 1.807) is 12.3 Å². The number of ether oxygens (including phenoxy) is 1. The second-order valence-corrected chi connectivity index (χ2v) is 4.75. The number of anilines is 2. The Kier molecular flexibility index (Phi) is 4.21. The van der Waals surface area contributed by atoms with Crippen molar-refractivity contribution in [3.05, 3.63) is 17.8 Å². The topological polar surface area (TPSA) is 80.5 Å². The Hall–Kier alpha value is -1.82. The van der Waals surface area contributed by atoms with E-state index in [4.69, 9.17) is 5.73 Å². The summed E-state index contributed by atoms with van der Waals surface area (Å²) in [6.45, 7) is 1.67. The van der Waals surface area contributed by atoms with Gasteiger partial charge in [0.15, 0.2) is 0 Å². The van der Waals surface area contributed by atoms with Crippen molar-refractivity contribution in [3.8, 4) is 0 Å². The van der Waals surface area contributed by atoms with Crippen LogP contribution >= 0.6 is 0 Å². The van der Waals surface area contributed by atoms with E-state index in [-0.39, 0.29) is 0 Å². The van der Waals surface area contributed by atoms with Gasteiger partial charge >= 0.3 is 5.97 Å². The summed E-state index contributed by atoms with van der Waals surface area (Å²) in [7, 11) is 3.45. The summed E-state index contributed by atoms with van der Waals surface area (Å²) in [4.78, 5) is 18.0. The first kappa shape index (κ1) is 13.6. The van der Waals surface area contributed by atoms with Gasteiger partial charge in [0.2, 0.25) is 0 Å². The summed E-state index contributed by atoms with van der Waals surface area (Å²) in [5.74, 6) is 0.0881. The number of carbonyl (C=O) groups excluding carboxylic acids is 1. The maximum Gasteiger partial charge on any atom is 0.340 e. The highest BCUT2D eigenvalue weighted by molar-refractivity contribution is 5.97. The van der Waals surface area contributed by atoms with E-state index in [1.807, 2.05) is 0 Å². The molecule has 1 fully saturated rings. The van der Waals surface area contributed by atoms with Gasteiger partial charge in [-0.2, -0.15) is 0 Å². The average Bonchev–Trinajstić information content (AvgIpc) is 3.24. The predicted octanol–water partition coefficient (Wildman–Crippen LogP) is 0.956. The number of nitrogen functional groups attached to an aromatic ring is 1. The summed E-state index contributed by atoms with van der Waals surface area (Å²) >= 11 is 0. The Morgan fingerprint density at radius 1 is 1.63 bits per heavy atom. The first-order valence-electron chi connectivity index (χ1n) is 6.40. The molecule has 0 aromatic carbocycles. The first-order chi connectivity index (χ1) is 9.13. The summed E-state index contributed by atoms with van der Waals surface area (Å²) in [5, 5.41) is 3.16. The normalized spacial score (nSPS) is 14.5. The van der Waals surface area contributed by atoms with E-state index in [1.165, 1.54) is 20.0 Å². The van der Waals surface area contributed by atoms with Crippen LogP contribution in [-0.2, 0) is 4.74 Å². The second kappa shape index (κ2) is 5.88. The zero-order chi connectivity index (χ0) is 13.8. The zero-order valence-electron chi connectivity index (χ0n) is 11.3. The molecule has 1 aliphatic carbocycles. The lowest BCUT2D eigenvalue weighted by Crippen LogP contribution is -2.27. The van der Waals surface area contributed by atoms with Crippen LogP contribution in [0.4, 0.5) is 11.5 Å². The SMILES string of the molecule is COC(=O)c1ccnc(NCCN(C)C2CC2)c1N. The predicted molar refractivity (Wildman–Crippen MR) is 74.1 cm³/mol. The van der Waals surface area contributed by atoms with Crippen molar-refractivity contribution in [3.63, 3.8) is 0 Å². The maximum atomic E-state index is 11.5. The smallest absolute Gasteiger partial charge is 0.340 e. The molecule has 19 heavy (non-hydrogen) atoms. The highest BCUT2D eigenvalue weighted by atomic mass is 16.5. The number of pyridine rings is 1. The van der Waals surface area contributed by atoms with Gasteiger partial charge in [-0.25, -0.2) is 9.78 Å². The van der Waals surface area contributed by atoms with E-state index in [0.717, 1.165) is 19.1 Å². The Morgan fingerprint density at radius 2 is 2.37 bits per heavy atom. The molecule has 0 aliphatic heterocycles. The fourth-order valence-corrected chi connectivity index (χ4v) is 1.95. The standard InChI is InChI=1S/C13H20N4O2/c1-17(9-3-4-9)8-7-16-12-11(14)10(5-6-15-12)13(18)19-2/h5-6,9H,3-4,7-8,14H2,1-2H3,(H,15,16). The first-order valence-corrected chi connectivity index (χ1v) is 6.40. The number of nitrogens with one attached hydrogen (secondary N) is 1. The van der Waals surface area contributed by atoms with E-state index < -0.39 is 5.97 Å². The number of nitrogens with zero attached hydrogens (tertiary/aromatic N) is 2. The highest BCUT2D eigenvalue weighted by Crippen LogP contribution is 2.25. The Morgan fingerprint density at radius 3 is 3.00 bits per heavy atom. The Bertz CT molecular complexity index is 460. The highest BCUT2D eigenvalue weighted by Gasteiger charge is 2.25. The zero-order valence-corrected chi connectivity index (χ0v) is 11.3. The number of hydrogen-bond acceptors (Lipinski definition) is 6. The lowest BCUT2D eigenvalue weighted by atomic mass is 10.2. The molecule has 0 unspecified atom stereocenters. The minimum atomic E-state index is -0.446. The second-order valence-electron chi connectivity index (χ2n) is 4.75. The van der Waals surface area contributed by atoms with Crippen LogP contribution in [0.5, 0.6) is 0 Å². The summed E-state index contributed by atoms with van der Waals surface area (Å²) in [5.41, 5.74) is 6.59. The van der Waals surface area contributed by atoms with Gasteiger partial charge in [-0.15, -0.1) is 0 Å². The molecular weight excluding hydrogens is 244 g/mol. The molecule has 3 N–H and O–H groups in total. The van der Waals surface area contributed by atoms with Crippen LogP contribution in [-0.4, -0.2) is 49.1 Å². The van der Waals surface area contributed by atoms with Crippen LogP contribution in [0.1, 0.15) is 23.2 Å². The largest absolute Gasteiger partial charge is 0.465 e. The third-order valence-corrected chi connectivity index (χ3v) is 3.32. The van der Waals surface area contributed by atoms with Crippen LogP contribution in [0.25, 0.3) is 0 Å². The number of carbonyl (C=O) groups is 1. The molecule has 2 rings (SSSR count). The van der Waals surface area contributed by atoms with Gasteiger partial charge in [-0.05, 0) is 26.0 Å². The number of hydrogen-bond donors (Lipinski definition) is 2. The molecule has 0 spiro atoms. The molecule has 6 heteroatoms. The molecular formula is C13H20N4O2. The van der Waals surface area contributed by atoms with E-state index in [9.17, 15) is 4.79 Å². The number of methoxy groups -OCH3 is 1. The molecule has 0 atom stereocenters. The number of aromatic nitrogens is 1. The van der Waals surface area contributed by atoms with Crippen LogP contribution < -0.4 is 11.1 Å². The van der Waals surface area contributed by atoms with Crippen molar-refractivity contribution in [2.45, 2.75) is 18.9 Å². The quantitative estimate of drug-likeness (QED) is 0.745. The summed E-state index contributed by atoms with van der Waals surface area (Å²) < 4.78 is 4.67. The molecule has 1 heterocycles. The number of rotatable bonds is 6. The Labute approximate surface area is 112 Å². The lowest BCUT2D eigenvalue weighted by molar-refractivity contribution is 0.0602. The minimum absolute atomic E-state index is 0.337. The third-order valence-electron chi connectivity index (χ3n) is 3.32. The van der Waals surface area contributed by atoms with E-state index in [2.05, 4.69) is 27.0 Å². The van der Waals surface area contributed by atoms with Crippen LogP contribution in [0.15, 0.2) is 12.3 Å². The van der Waals surface area contributed by atoms with Crippen molar-refractivity contribution in [1.29, 1.82) is 0 Å². The molecule has 0 saturated heterocycles. The maximum absolute atomic E-state index is 11.5. The van der Waals surface area contributed by atoms with Gasteiger partial charge < -0.3 is 20.7 Å². The molecule has 0 radical (unpaired) electrons. The minimum Gasteiger partial charge on any atom is -0.465 e. The van der Waals surface area contributed by atoms with Gasteiger partial charge in [0, 0.05) is 25.3 Å². The van der Waals surface area contributed by atoms with Crippen molar-refractivity contribution in [2.75, 3.05) is 38.3 Å². The number of likely N-dealkylation sites (N-methyl/N-ethyl adjacent to an activating group) is 1. The molecule has 104 valence electrons. The van der Waals surface area contributed by atoms with Gasteiger partial charge in [-0.1, -0.05) is 0 Å². The van der Waals surface area contributed by atoms with Gasteiger partial charge in [0.05, 0.1) is 18.4 Å². The van der Waals surface area contributed by atoms with Gasteiger partial charge in [0.1, 0.15) is 5.82 Å². The van der Waals surface area contributed by atoms with E-state index >= 15 is 0 Å². The molecule has 0 bridgehead atoms. The van der Waals surface area contributed by atoms with Gasteiger partial charge in [-0.3, -0.25) is 0 Å². The molecule has 1 aromatic rings. The molecule has 6 nitrogen and oxygen atoms in total. The molecule has 0 amide bonds. The summed E-state index contributed by atoms with van der Waals surface area (Å²) in [6.07, 6.45) is 4.12. The average molecular weight is 264 g/mol. The molecule has 1 aromatic heterocycles. The Balaban J connectivity index is 1.94.